The first-order valence-electron chi connectivity index (χ1n) is 11.5. The van der Waals surface area contributed by atoms with E-state index in [2.05, 4.69) is 56.3 Å². The van der Waals surface area contributed by atoms with Crippen LogP contribution in [0.2, 0.25) is 0 Å². The van der Waals surface area contributed by atoms with E-state index in [1.165, 1.54) is 102 Å². The van der Waals surface area contributed by atoms with E-state index in [0.717, 1.165) is 5.92 Å². The second kappa shape index (κ2) is 17.4. The van der Waals surface area contributed by atoms with Gasteiger partial charge in [0.1, 0.15) is 0 Å². The number of hydrogen-bond acceptors (Lipinski definition) is 0. The van der Waals surface area contributed by atoms with E-state index >= 15 is 0 Å². The van der Waals surface area contributed by atoms with Gasteiger partial charge in [0.25, 0.3) is 0 Å². The quantitative estimate of drug-likeness (QED) is 0.244. The van der Waals surface area contributed by atoms with Crippen molar-refractivity contribution in [2.24, 2.45) is 5.92 Å². The van der Waals surface area contributed by atoms with Crippen molar-refractivity contribution in [3.63, 3.8) is 0 Å². The molecule has 0 N–H and O–H groups in total. The summed E-state index contributed by atoms with van der Waals surface area (Å²) < 4.78 is 0. The molecule has 0 nitrogen and oxygen atoms in total. The normalized spacial score (nSPS) is 11.7. The number of hydrogen-bond donors (Lipinski definition) is 0. The van der Waals surface area contributed by atoms with Gasteiger partial charge in [0.2, 0.25) is 0 Å². The van der Waals surface area contributed by atoms with Crippen LogP contribution in [0.3, 0.4) is 0 Å². The van der Waals surface area contributed by atoms with Gasteiger partial charge in [-0.05, 0) is 24.3 Å². The summed E-state index contributed by atoms with van der Waals surface area (Å²) in [6.07, 6.45) is 26.0. The predicted octanol–water partition coefficient (Wildman–Crippen LogP) is 9.21. The maximum Gasteiger partial charge on any atom is -0.0260 e. The van der Waals surface area contributed by atoms with Crippen molar-refractivity contribution < 1.29 is 0 Å². The SMILES string of the molecule is CC(C)CCCCCCCCCCCCCCCC=Cc1ccccc1. The third-order valence-electron chi connectivity index (χ3n) is 5.26. The first-order valence-corrected chi connectivity index (χ1v) is 11.5. The number of unbranched alkanes of at least 4 members (excludes halogenated alkanes) is 13. The molecule has 1 aromatic carbocycles. The Kier molecular flexibility index (Phi) is 15.4. The predicted molar refractivity (Wildman–Crippen MR) is 120 cm³/mol. The van der Waals surface area contributed by atoms with Crippen LogP contribution in [0.15, 0.2) is 36.4 Å². The van der Waals surface area contributed by atoms with Gasteiger partial charge < -0.3 is 0 Å². The van der Waals surface area contributed by atoms with Gasteiger partial charge >= 0.3 is 0 Å². The van der Waals surface area contributed by atoms with Crippen LogP contribution in [0, 0.1) is 5.92 Å². The zero-order chi connectivity index (χ0) is 18.7. The Morgan fingerprint density at radius 2 is 1.08 bits per heavy atom. The third-order valence-corrected chi connectivity index (χ3v) is 5.26. The summed E-state index contributed by atoms with van der Waals surface area (Å²) in [5, 5.41) is 0. The fourth-order valence-corrected chi connectivity index (χ4v) is 3.54. The maximum atomic E-state index is 2.34. The van der Waals surface area contributed by atoms with Gasteiger partial charge in [-0.2, -0.15) is 0 Å². The molecule has 0 bridgehead atoms. The molecule has 0 amide bonds. The summed E-state index contributed by atoms with van der Waals surface area (Å²) in [5.41, 5.74) is 1.32. The average Bonchev–Trinajstić information content (AvgIpc) is 2.65. The monoisotopic (exact) mass is 356 g/mol. The van der Waals surface area contributed by atoms with Gasteiger partial charge in [0, 0.05) is 0 Å². The minimum atomic E-state index is 0.890. The summed E-state index contributed by atoms with van der Waals surface area (Å²) >= 11 is 0. The highest BCUT2D eigenvalue weighted by atomic mass is 14.0. The molecule has 0 radical (unpaired) electrons. The highest BCUT2D eigenvalue weighted by Crippen LogP contribution is 2.14. The maximum absolute atomic E-state index is 2.34. The van der Waals surface area contributed by atoms with Gasteiger partial charge in [0.15, 0.2) is 0 Å². The van der Waals surface area contributed by atoms with Crippen molar-refractivity contribution in [3.05, 3.63) is 42.0 Å². The van der Waals surface area contributed by atoms with E-state index < -0.39 is 0 Å². The largest absolute Gasteiger partial charge is 0.0839 e. The molecule has 0 heterocycles. The molecular formula is C26H44. The van der Waals surface area contributed by atoms with Crippen molar-refractivity contribution >= 4 is 6.08 Å². The average molecular weight is 357 g/mol. The van der Waals surface area contributed by atoms with Crippen LogP contribution in [0.4, 0.5) is 0 Å². The van der Waals surface area contributed by atoms with Crippen LogP contribution in [0.25, 0.3) is 6.08 Å². The van der Waals surface area contributed by atoms with Crippen molar-refractivity contribution in [2.45, 2.75) is 110 Å². The topological polar surface area (TPSA) is 0 Å². The van der Waals surface area contributed by atoms with Crippen LogP contribution in [-0.4, -0.2) is 0 Å². The summed E-state index contributed by atoms with van der Waals surface area (Å²) in [4.78, 5) is 0. The third kappa shape index (κ3) is 15.2. The Balaban J connectivity index is 1.74. The van der Waals surface area contributed by atoms with Crippen molar-refractivity contribution in [1.29, 1.82) is 0 Å². The molecule has 0 aromatic heterocycles. The highest BCUT2D eigenvalue weighted by Gasteiger charge is 1.96. The Morgan fingerprint density at radius 1 is 0.615 bits per heavy atom. The van der Waals surface area contributed by atoms with Crippen molar-refractivity contribution in [3.8, 4) is 0 Å². The van der Waals surface area contributed by atoms with Crippen LogP contribution in [-0.2, 0) is 0 Å². The molecule has 0 aliphatic carbocycles. The number of rotatable bonds is 17. The lowest BCUT2D eigenvalue weighted by molar-refractivity contribution is 0.503. The number of allylic oxidation sites excluding steroid dienone is 1. The summed E-state index contributed by atoms with van der Waals surface area (Å²) in [6.45, 7) is 4.67. The molecule has 0 unspecified atom stereocenters. The van der Waals surface area contributed by atoms with Gasteiger partial charge in [-0.15, -0.1) is 0 Å². The molecule has 26 heavy (non-hydrogen) atoms. The van der Waals surface area contributed by atoms with Gasteiger partial charge in [-0.1, -0.05) is 140 Å². The second-order valence-corrected chi connectivity index (χ2v) is 8.38. The summed E-state index contributed by atoms with van der Waals surface area (Å²) in [5.74, 6) is 0.890. The molecule has 0 saturated heterocycles. The van der Waals surface area contributed by atoms with E-state index in [0.29, 0.717) is 0 Å². The Hall–Kier alpha value is -1.04. The smallest absolute Gasteiger partial charge is 0.0260 e. The fraction of sp³-hybridized carbons (Fsp3) is 0.692. The van der Waals surface area contributed by atoms with Crippen LogP contribution in [0.5, 0.6) is 0 Å². The standard InChI is InChI=1S/C26H44/c1-25(2)21-17-14-12-10-8-6-4-3-5-7-9-11-13-15-18-22-26-23-19-16-20-24-26/h16,18-20,22-25H,3-15,17,21H2,1-2H3. The van der Waals surface area contributed by atoms with Crippen molar-refractivity contribution in [2.75, 3.05) is 0 Å². The lowest BCUT2D eigenvalue weighted by atomic mass is 10.0. The van der Waals surface area contributed by atoms with E-state index in [9.17, 15) is 0 Å². The van der Waals surface area contributed by atoms with Gasteiger partial charge in [-0.25, -0.2) is 0 Å². The molecule has 0 aliphatic heterocycles. The lowest BCUT2D eigenvalue weighted by Gasteiger charge is -2.04. The van der Waals surface area contributed by atoms with E-state index in [1.54, 1.807) is 0 Å². The van der Waals surface area contributed by atoms with E-state index in [4.69, 9.17) is 0 Å². The van der Waals surface area contributed by atoms with Gasteiger partial charge in [-0.3, -0.25) is 0 Å². The number of benzene rings is 1. The molecule has 0 fully saturated rings. The zero-order valence-corrected chi connectivity index (χ0v) is 17.7. The molecule has 148 valence electrons. The minimum absolute atomic E-state index is 0.890. The molecule has 1 rings (SSSR count). The summed E-state index contributed by atoms with van der Waals surface area (Å²) in [7, 11) is 0. The Bertz CT molecular complexity index is 415. The van der Waals surface area contributed by atoms with Gasteiger partial charge in [0.05, 0.1) is 0 Å². The molecule has 0 atom stereocenters. The van der Waals surface area contributed by atoms with Crippen LogP contribution < -0.4 is 0 Å². The van der Waals surface area contributed by atoms with E-state index in [-0.39, 0.29) is 0 Å². The van der Waals surface area contributed by atoms with Crippen molar-refractivity contribution in [1.82, 2.24) is 0 Å². The zero-order valence-electron chi connectivity index (χ0n) is 17.7. The minimum Gasteiger partial charge on any atom is -0.0839 e. The molecule has 0 spiro atoms. The van der Waals surface area contributed by atoms with E-state index in [1.807, 2.05) is 0 Å². The Labute approximate surface area is 164 Å². The molecule has 0 aliphatic rings. The fourth-order valence-electron chi connectivity index (χ4n) is 3.54. The molecule has 0 heteroatoms. The highest BCUT2D eigenvalue weighted by molar-refractivity contribution is 5.48. The van der Waals surface area contributed by atoms with Crippen LogP contribution >= 0.6 is 0 Å². The second-order valence-electron chi connectivity index (χ2n) is 8.38. The lowest BCUT2D eigenvalue weighted by Crippen LogP contribution is -1.87. The Morgan fingerprint density at radius 3 is 1.58 bits per heavy atom. The van der Waals surface area contributed by atoms with Crippen LogP contribution in [0.1, 0.15) is 116 Å². The molecule has 1 aromatic rings. The summed E-state index contributed by atoms with van der Waals surface area (Å²) in [6, 6.07) is 10.6. The molecule has 0 saturated carbocycles. The first kappa shape index (κ1) is 23.0. The first-order chi connectivity index (χ1) is 12.8. The molecular weight excluding hydrogens is 312 g/mol.